The van der Waals surface area contributed by atoms with Gasteiger partial charge in [-0.05, 0) is 42.0 Å². The second kappa shape index (κ2) is 9.00. The zero-order valence-electron chi connectivity index (χ0n) is 17.3. The lowest BCUT2D eigenvalue weighted by molar-refractivity contribution is 0.245. The number of aromatic nitrogens is 2. The Bertz CT molecular complexity index is 989. The standard InChI is InChI=1S/C23H26N4O3/c1-29-19-5-7-22(30-2)20(15-19)17-4-6-21(28)18(14-17)16-26-10-12-27(13-11-26)23-24-8-3-9-25-23/h3-9,14-15,28H,10-13,16H2,1-2H3. The van der Waals surface area contributed by atoms with Crippen molar-refractivity contribution in [1.29, 1.82) is 0 Å². The fraction of sp³-hybridized carbons (Fsp3) is 0.304. The van der Waals surface area contributed by atoms with E-state index in [0.29, 0.717) is 12.3 Å². The molecule has 1 fully saturated rings. The number of benzene rings is 2. The van der Waals surface area contributed by atoms with Gasteiger partial charge >= 0.3 is 0 Å². The molecule has 1 saturated heterocycles. The number of ether oxygens (including phenoxy) is 2. The molecule has 2 aromatic carbocycles. The summed E-state index contributed by atoms with van der Waals surface area (Å²) in [6.45, 7) is 4.15. The van der Waals surface area contributed by atoms with Gasteiger partial charge in [-0.25, -0.2) is 9.97 Å². The second-order valence-electron chi connectivity index (χ2n) is 7.22. The van der Waals surface area contributed by atoms with Crippen LogP contribution in [0.15, 0.2) is 54.9 Å². The lowest BCUT2D eigenvalue weighted by Crippen LogP contribution is -2.46. The molecular formula is C23H26N4O3. The molecule has 4 rings (SSSR count). The van der Waals surface area contributed by atoms with E-state index in [2.05, 4.69) is 19.8 Å². The normalized spacial score (nSPS) is 14.5. The minimum Gasteiger partial charge on any atom is -0.508 e. The summed E-state index contributed by atoms with van der Waals surface area (Å²) in [6.07, 6.45) is 3.54. The third kappa shape index (κ3) is 4.31. The first-order valence-electron chi connectivity index (χ1n) is 9.96. The molecule has 0 aliphatic carbocycles. The van der Waals surface area contributed by atoms with Crippen molar-refractivity contribution in [2.75, 3.05) is 45.3 Å². The number of hydrogen-bond acceptors (Lipinski definition) is 7. The van der Waals surface area contributed by atoms with Crippen LogP contribution in [0.4, 0.5) is 5.95 Å². The summed E-state index contributed by atoms with van der Waals surface area (Å²) >= 11 is 0. The number of phenols is 1. The molecule has 2 heterocycles. The smallest absolute Gasteiger partial charge is 0.225 e. The Hall–Kier alpha value is -3.32. The van der Waals surface area contributed by atoms with Gasteiger partial charge in [0.1, 0.15) is 17.2 Å². The zero-order valence-corrected chi connectivity index (χ0v) is 17.3. The van der Waals surface area contributed by atoms with Gasteiger partial charge in [-0.1, -0.05) is 6.07 Å². The highest BCUT2D eigenvalue weighted by Crippen LogP contribution is 2.35. The zero-order chi connectivity index (χ0) is 20.9. The molecule has 0 amide bonds. The second-order valence-corrected chi connectivity index (χ2v) is 7.22. The Morgan fingerprint density at radius 3 is 2.40 bits per heavy atom. The molecule has 1 N–H and O–H groups in total. The highest BCUT2D eigenvalue weighted by molar-refractivity contribution is 5.73. The van der Waals surface area contributed by atoms with Crippen LogP contribution in [0.25, 0.3) is 11.1 Å². The highest BCUT2D eigenvalue weighted by atomic mass is 16.5. The number of hydrogen-bond donors (Lipinski definition) is 1. The largest absolute Gasteiger partial charge is 0.508 e. The van der Waals surface area contributed by atoms with Gasteiger partial charge in [0, 0.05) is 56.2 Å². The number of rotatable bonds is 6. The third-order valence-electron chi connectivity index (χ3n) is 5.40. The molecule has 7 nitrogen and oxygen atoms in total. The van der Waals surface area contributed by atoms with E-state index in [9.17, 15) is 5.11 Å². The van der Waals surface area contributed by atoms with Crippen LogP contribution in [0.2, 0.25) is 0 Å². The van der Waals surface area contributed by atoms with Crippen molar-refractivity contribution < 1.29 is 14.6 Å². The van der Waals surface area contributed by atoms with Crippen LogP contribution >= 0.6 is 0 Å². The molecule has 1 aromatic heterocycles. The fourth-order valence-electron chi connectivity index (χ4n) is 3.72. The minimum absolute atomic E-state index is 0.300. The van der Waals surface area contributed by atoms with Crippen molar-refractivity contribution in [2.45, 2.75) is 6.54 Å². The fourth-order valence-corrected chi connectivity index (χ4v) is 3.72. The topological polar surface area (TPSA) is 71.0 Å². The molecule has 0 unspecified atom stereocenters. The quantitative estimate of drug-likeness (QED) is 0.674. The summed E-state index contributed by atoms with van der Waals surface area (Å²) in [7, 11) is 3.30. The van der Waals surface area contributed by atoms with E-state index in [1.165, 1.54) is 0 Å². The first-order chi connectivity index (χ1) is 14.7. The molecule has 0 atom stereocenters. The first kappa shape index (κ1) is 20.0. The van der Waals surface area contributed by atoms with Crippen LogP contribution in [-0.2, 0) is 6.54 Å². The number of piperazine rings is 1. The van der Waals surface area contributed by atoms with Crippen LogP contribution < -0.4 is 14.4 Å². The molecule has 1 aliphatic heterocycles. The average molecular weight is 406 g/mol. The number of methoxy groups -OCH3 is 2. The van der Waals surface area contributed by atoms with Gasteiger partial charge in [-0.2, -0.15) is 0 Å². The van der Waals surface area contributed by atoms with Gasteiger partial charge in [-0.3, -0.25) is 4.90 Å². The van der Waals surface area contributed by atoms with Gasteiger partial charge in [0.15, 0.2) is 0 Å². The van der Waals surface area contributed by atoms with E-state index in [1.807, 2.05) is 36.4 Å². The Morgan fingerprint density at radius 1 is 0.933 bits per heavy atom. The molecule has 156 valence electrons. The Kier molecular flexibility index (Phi) is 5.99. The summed E-state index contributed by atoms with van der Waals surface area (Å²) in [5.41, 5.74) is 2.81. The number of anilines is 1. The van der Waals surface area contributed by atoms with Crippen LogP contribution in [0.5, 0.6) is 17.2 Å². The van der Waals surface area contributed by atoms with Crippen molar-refractivity contribution in [3.8, 4) is 28.4 Å². The summed E-state index contributed by atoms with van der Waals surface area (Å²) in [5, 5.41) is 10.5. The van der Waals surface area contributed by atoms with E-state index in [-0.39, 0.29) is 0 Å². The maximum atomic E-state index is 10.5. The molecule has 0 saturated carbocycles. The van der Waals surface area contributed by atoms with Gasteiger partial charge < -0.3 is 19.5 Å². The summed E-state index contributed by atoms with van der Waals surface area (Å²) in [5.74, 6) is 2.60. The van der Waals surface area contributed by atoms with E-state index < -0.39 is 0 Å². The maximum Gasteiger partial charge on any atom is 0.225 e. The van der Waals surface area contributed by atoms with Gasteiger partial charge in [0.05, 0.1) is 14.2 Å². The van der Waals surface area contributed by atoms with Crippen molar-refractivity contribution in [1.82, 2.24) is 14.9 Å². The van der Waals surface area contributed by atoms with Crippen molar-refractivity contribution in [2.24, 2.45) is 0 Å². The van der Waals surface area contributed by atoms with E-state index in [4.69, 9.17) is 9.47 Å². The summed E-state index contributed by atoms with van der Waals surface area (Å²) in [4.78, 5) is 13.2. The molecule has 0 spiro atoms. The van der Waals surface area contributed by atoms with Gasteiger partial charge in [-0.15, -0.1) is 0 Å². The van der Waals surface area contributed by atoms with Gasteiger partial charge in [0.2, 0.25) is 5.95 Å². The maximum absolute atomic E-state index is 10.5. The molecule has 1 aliphatic rings. The van der Waals surface area contributed by atoms with E-state index >= 15 is 0 Å². The van der Waals surface area contributed by atoms with Crippen molar-refractivity contribution in [3.05, 3.63) is 60.4 Å². The Balaban J connectivity index is 1.50. The third-order valence-corrected chi connectivity index (χ3v) is 5.40. The Labute approximate surface area is 176 Å². The monoisotopic (exact) mass is 406 g/mol. The van der Waals surface area contributed by atoms with Crippen LogP contribution in [0.1, 0.15) is 5.56 Å². The van der Waals surface area contributed by atoms with Gasteiger partial charge in [0.25, 0.3) is 0 Å². The van der Waals surface area contributed by atoms with Crippen LogP contribution in [0.3, 0.4) is 0 Å². The molecule has 3 aromatic rings. The van der Waals surface area contributed by atoms with Crippen LogP contribution in [0, 0.1) is 0 Å². The van der Waals surface area contributed by atoms with Crippen molar-refractivity contribution in [3.63, 3.8) is 0 Å². The Morgan fingerprint density at radius 2 is 1.70 bits per heavy atom. The predicted molar refractivity (Wildman–Crippen MR) is 116 cm³/mol. The average Bonchev–Trinajstić information content (AvgIpc) is 2.81. The SMILES string of the molecule is COc1ccc(OC)c(-c2ccc(O)c(CN3CCN(c4ncccn4)CC3)c2)c1. The molecule has 0 bridgehead atoms. The lowest BCUT2D eigenvalue weighted by atomic mass is 10.0. The van der Waals surface area contributed by atoms with E-state index in [1.54, 1.807) is 32.7 Å². The van der Waals surface area contributed by atoms with Crippen LogP contribution in [-0.4, -0.2) is 60.4 Å². The molecule has 0 radical (unpaired) electrons. The molecular weight excluding hydrogens is 380 g/mol. The molecule has 30 heavy (non-hydrogen) atoms. The predicted octanol–water partition coefficient (Wildman–Crippen LogP) is 3.19. The van der Waals surface area contributed by atoms with Crippen molar-refractivity contribution >= 4 is 5.95 Å². The summed E-state index contributed by atoms with van der Waals surface area (Å²) in [6, 6.07) is 13.2. The first-order valence-corrected chi connectivity index (χ1v) is 9.96. The highest BCUT2D eigenvalue weighted by Gasteiger charge is 2.20. The molecule has 7 heteroatoms. The summed E-state index contributed by atoms with van der Waals surface area (Å²) < 4.78 is 10.9. The lowest BCUT2D eigenvalue weighted by Gasteiger charge is -2.34. The minimum atomic E-state index is 0.300. The number of phenolic OH excluding ortho intramolecular Hbond substituents is 1. The number of nitrogens with zero attached hydrogens (tertiary/aromatic N) is 4. The van der Waals surface area contributed by atoms with E-state index in [0.717, 1.165) is 60.3 Å². The number of aromatic hydroxyl groups is 1.